The summed E-state index contributed by atoms with van der Waals surface area (Å²) in [5.74, 6) is -0.949. The largest absolute Gasteiger partial charge is 0.460 e. The van der Waals surface area contributed by atoms with E-state index in [0.29, 0.717) is 0 Å². The van der Waals surface area contributed by atoms with Crippen LogP contribution < -0.4 is 11.1 Å². The normalized spacial score (nSPS) is 19.3. The van der Waals surface area contributed by atoms with Crippen molar-refractivity contribution in [1.29, 1.82) is 0 Å². The molecule has 0 radical (unpaired) electrons. The van der Waals surface area contributed by atoms with Crippen LogP contribution in [-0.2, 0) is 14.3 Å². The van der Waals surface area contributed by atoms with Gasteiger partial charge in [0.1, 0.15) is 5.60 Å². The van der Waals surface area contributed by atoms with Gasteiger partial charge in [0.05, 0.1) is 5.92 Å². The van der Waals surface area contributed by atoms with Gasteiger partial charge in [0.25, 0.3) is 0 Å². The van der Waals surface area contributed by atoms with Crippen LogP contribution >= 0.6 is 0 Å². The molecule has 1 atom stereocenters. The molecule has 1 heterocycles. The minimum absolute atomic E-state index is 0.0829. The highest BCUT2D eigenvalue weighted by Crippen LogP contribution is 2.27. The zero-order valence-electron chi connectivity index (χ0n) is 11.5. The third kappa shape index (κ3) is 5.04. The van der Waals surface area contributed by atoms with Crippen LogP contribution in [0.2, 0.25) is 0 Å². The molecule has 1 fully saturated rings. The summed E-state index contributed by atoms with van der Waals surface area (Å²) in [6.07, 6.45) is 1.86. The van der Waals surface area contributed by atoms with E-state index >= 15 is 0 Å². The number of nitrogens with one attached hydrogen (secondary N) is 1. The fourth-order valence-electron chi connectivity index (χ4n) is 2.28. The minimum Gasteiger partial charge on any atom is -0.460 e. The van der Waals surface area contributed by atoms with Crippen molar-refractivity contribution in [3.05, 3.63) is 0 Å². The number of carbonyl (C=O) groups excluding carboxylic acids is 2. The number of hydrogen-bond acceptors (Lipinski definition) is 4. The van der Waals surface area contributed by atoms with E-state index in [2.05, 4.69) is 5.32 Å². The minimum atomic E-state index is -0.528. The molecule has 5 nitrogen and oxygen atoms in total. The van der Waals surface area contributed by atoms with E-state index in [4.69, 9.17) is 10.5 Å². The monoisotopic (exact) mass is 256 g/mol. The van der Waals surface area contributed by atoms with E-state index in [9.17, 15) is 9.59 Å². The molecule has 0 saturated carbocycles. The third-order valence-electron chi connectivity index (χ3n) is 3.08. The van der Waals surface area contributed by atoms with Crippen molar-refractivity contribution < 1.29 is 14.3 Å². The summed E-state index contributed by atoms with van der Waals surface area (Å²) in [5, 5.41) is 3.24. The first kappa shape index (κ1) is 15.0. The zero-order valence-corrected chi connectivity index (χ0v) is 11.5. The Bertz CT molecular complexity index is 304. The predicted molar refractivity (Wildman–Crippen MR) is 68.7 cm³/mol. The maximum atomic E-state index is 12.1. The Morgan fingerprint density at radius 2 is 1.89 bits per heavy atom. The van der Waals surface area contributed by atoms with Crippen LogP contribution in [0, 0.1) is 11.8 Å². The lowest BCUT2D eigenvalue weighted by molar-refractivity contribution is -0.163. The first-order valence-electron chi connectivity index (χ1n) is 6.51. The first-order chi connectivity index (χ1) is 8.29. The second kappa shape index (κ2) is 6.18. The molecule has 5 heteroatoms. The van der Waals surface area contributed by atoms with Gasteiger partial charge in [-0.25, -0.2) is 0 Å². The van der Waals surface area contributed by atoms with Gasteiger partial charge in [-0.05, 0) is 52.6 Å². The number of carbonyl (C=O) groups is 2. The van der Waals surface area contributed by atoms with Crippen molar-refractivity contribution in [3.8, 4) is 0 Å². The van der Waals surface area contributed by atoms with Crippen molar-refractivity contribution in [2.45, 2.75) is 45.6 Å². The maximum absolute atomic E-state index is 12.1. The molecule has 1 aliphatic rings. The lowest BCUT2D eigenvalue weighted by Crippen LogP contribution is -2.39. The first-order valence-corrected chi connectivity index (χ1v) is 6.51. The van der Waals surface area contributed by atoms with Gasteiger partial charge < -0.3 is 15.8 Å². The Morgan fingerprint density at radius 3 is 2.33 bits per heavy atom. The zero-order chi connectivity index (χ0) is 13.8. The molecular formula is C13H24N2O3. The molecule has 1 unspecified atom stereocenters. The smallest absolute Gasteiger partial charge is 0.310 e. The summed E-state index contributed by atoms with van der Waals surface area (Å²) in [4.78, 5) is 23.3. The molecule has 1 aliphatic heterocycles. The van der Waals surface area contributed by atoms with Crippen LogP contribution in [-0.4, -0.2) is 30.6 Å². The van der Waals surface area contributed by atoms with Crippen molar-refractivity contribution in [1.82, 2.24) is 5.32 Å². The molecule has 0 bridgehead atoms. The highest BCUT2D eigenvalue weighted by Gasteiger charge is 2.33. The second-order valence-electron chi connectivity index (χ2n) is 5.90. The molecule has 1 rings (SSSR count). The highest BCUT2D eigenvalue weighted by molar-refractivity contribution is 5.82. The summed E-state index contributed by atoms with van der Waals surface area (Å²) >= 11 is 0. The summed E-state index contributed by atoms with van der Waals surface area (Å²) in [6, 6.07) is 0. The van der Waals surface area contributed by atoms with Crippen molar-refractivity contribution >= 4 is 11.9 Å². The predicted octanol–water partition coefficient (Wildman–Crippen LogP) is 0.819. The SMILES string of the molecule is CC(C)(C)OC(=O)C(CC(N)=O)C1CCNCC1. The molecule has 0 spiro atoms. The van der Waals surface area contributed by atoms with Crippen LogP contribution in [0.25, 0.3) is 0 Å². The maximum Gasteiger partial charge on any atom is 0.310 e. The number of esters is 1. The number of nitrogens with two attached hydrogens (primary N) is 1. The number of primary amides is 1. The molecule has 0 aromatic carbocycles. The van der Waals surface area contributed by atoms with Gasteiger partial charge in [-0.1, -0.05) is 0 Å². The van der Waals surface area contributed by atoms with E-state index in [1.54, 1.807) is 0 Å². The van der Waals surface area contributed by atoms with Crippen LogP contribution in [0.15, 0.2) is 0 Å². The molecule has 1 amide bonds. The van der Waals surface area contributed by atoms with Gasteiger partial charge in [-0.2, -0.15) is 0 Å². The van der Waals surface area contributed by atoms with Crippen molar-refractivity contribution in [2.24, 2.45) is 17.6 Å². The fourth-order valence-corrected chi connectivity index (χ4v) is 2.28. The molecule has 1 saturated heterocycles. The standard InChI is InChI=1S/C13H24N2O3/c1-13(2,3)18-12(17)10(8-11(14)16)9-4-6-15-7-5-9/h9-10,15H,4-8H2,1-3H3,(H2,14,16). The van der Waals surface area contributed by atoms with E-state index in [0.717, 1.165) is 25.9 Å². The molecule has 0 aliphatic carbocycles. The van der Waals surface area contributed by atoms with Gasteiger partial charge >= 0.3 is 5.97 Å². The molecule has 0 aromatic rings. The van der Waals surface area contributed by atoms with E-state index in [1.165, 1.54) is 0 Å². The van der Waals surface area contributed by atoms with Crippen LogP contribution in [0.1, 0.15) is 40.0 Å². The van der Waals surface area contributed by atoms with Gasteiger partial charge in [0.2, 0.25) is 5.91 Å². The van der Waals surface area contributed by atoms with Gasteiger partial charge in [-0.15, -0.1) is 0 Å². The lowest BCUT2D eigenvalue weighted by Gasteiger charge is -2.31. The second-order valence-corrected chi connectivity index (χ2v) is 5.90. The fraction of sp³-hybridized carbons (Fsp3) is 0.846. The Morgan fingerprint density at radius 1 is 1.33 bits per heavy atom. The van der Waals surface area contributed by atoms with Gasteiger partial charge in [-0.3, -0.25) is 9.59 Å². The molecule has 3 N–H and O–H groups in total. The molecule has 18 heavy (non-hydrogen) atoms. The quantitative estimate of drug-likeness (QED) is 0.730. The highest BCUT2D eigenvalue weighted by atomic mass is 16.6. The van der Waals surface area contributed by atoms with Gasteiger partial charge in [0, 0.05) is 6.42 Å². The number of piperidine rings is 1. The average molecular weight is 256 g/mol. The van der Waals surface area contributed by atoms with E-state index in [1.807, 2.05) is 20.8 Å². The molecule has 104 valence electrons. The Hall–Kier alpha value is -1.10. The van der Waals surface area contributed by atoms with Gasteiger partial charge in [0.15, 0.2) is 0 Å². The average Bonchev–Trinajstić information content (AvgIpc) is 2.24. The number of hydrogen-bond donors (Lipinski definition) is 2. The topological polar surface area (TPSA) is 81.4 Å². The number of amides is 1. The van der Waals surface area contributed by atoms with Crippen molar-refractivity contribution in [3.63, 3.8) is 0 Å². The third-order valence-corrected chi connectivity index (χ3v) is 3.08. The molecule has 0 aromatic heterocycles. The summed E-state index contributed by atoms with van der Waals surface area (Å²) in [5.41, 5.74) is 4.71. The van der Waals surface area contributed by atoms with Crippen LogP contribution in [0.5, 0.6) is 0 Å². The number of ether oxygens (including phenoxy) is 1. The van der Waals surface area contributed by atoms with Crippen molar-refractivity contribution in [2.75, 3.05) is 13.1 Å². The summed E-state index contributed by atoms with van der Waals surface area (Å²) in [6.45, 7) is 7.24. The van der Waals surface area contributed by atoms with Crippen LogP contribution in [0.4, 0.5) is 0 Å². The Labute approximate surface area is 108 Å². The van der Waals surface area contributed by atoms with Crippen LogP contribution in [0.3, 0.4) is 0 Å². The van der Waals surface area contributed by atoms with E-state index < -0.39 is 17.4 Å². The summed E-state index contributed by atoms with van der Waals surface area (Å²) in [7, 11) is 0. The summed E-state index contributed by atoms with van der Waals surface area (Å²) < 4.78 is 5.39. The molecular weight excluding hydrogens is 232 g/mol. The van der Waals surface area contributed by atoms with E-state index in [-0.39, 0.29) is 18.3 Å². The number of rotatable bonds is 4. The Kier molecular flexibility index (Phi) is 5.14. The lowest BCUT2D eigenvalue weighted by atomic mass is 9.82. The Balaban J connectivity index is 2.70.